The van der Waals surface area contributed by atoms with Crippen LogP contribution in [-0.4, -0.2) is 4.98 Å². The smallest absolute Gasteiger partial charge is 0.255 e. The molecule has 0 radical (unpaired) electrons. The van der Waals surface area contributed by atoms with Crippen LogP contribution < -0.4 is 0 Å². The summed E-state index contributed by atoms with van der Waals surface area (Å²) in [6.07, 6.45) is 0. The first-order valence-electron chi connectivity index (χ1n) is 3.58. The van der Waals surface area contributed by atoms with E-state index in [9.17, 15) is 15.5 Å². The monoisotopic (exact) mass is 249 g/mol. The van der Waals surface area contributed by atoms with Gasteiger partial charge in [-0.25, -0.2) is 0 Å². The van der Waals surface area contributed by atoms with Gasteiger partial charge in [-0.1, -0.05) is 0 Å². The number of hydrogen-bond donors (Lipinski definition) is 0. The van der Waals surface area contributed by atoms with Crippen LogP contribution in [0.3, 0.4) is 0 Å². The molecule has 1 heterocycles. The molecular weight excluding hydrogens is 242 g/mol. The van der Waals surface area contributed by atoms with E-state index in [0.29, 0.717) is 11.8 Å². The minimum atomic E-state index is -8.59. The molecule has 0 aliphatic rings. The standard InChI is InChI=1S/C7H8ClF4NS/c1-5-3-4-7(6(2)13-5)14(8,9,10,11)12/h3-4H,1-2H3. The molecular formula is C7H8ClF4NS. The van der Waals surface area contributed by atoms with Gasteiger partial charge in [-0.2, -0.15) is 0 Å². The van der Waals surface area contributed by atoms with Crippen LogP contribution in [0.15, 0.2) is 17.0 Å². The van der Waals surface area contributed by atoms with Crippen molar-refractivity contribution in [3.8, 4) is 0 Å². The maximum atomic E-state index is 12.7. The van der Waals surface area contributed by atoms with Crippen molar-refractivity contribution < 1.29 is 15.5 Å². The number of nitrogens with zero attached hydrogens (tertiary/aromatic N) is 1. The Morgan fingerprint density at radius 3 is 2.00 bits per heavy atom. The molecule has 82 valence electrons. The molecule has 0 saturated heterocycles. The Morgan fingerprint density at radius 1 is 1.14 bits per heavy atom. The molecule has 0 fully saturated rings. The highest BCUT2D eigenvalue weighted by Crippen LogP contribution is 3.04. The van der Waals surface area contributed by atoms with E-state index in [1.54, 1.807) is 0 Å². The Bertz CT molecular complexity index is 385. The van der Waals surface area contributed by atoms with E-state index >= 15 is 0 Å². The zero-order valence-corrected chi connectivity index (χ0v) is 8.97. The predicted molar refractivity (Wildman–Crippen MR) is 49.9 cm³/mol. The lowest BCUT2D eigenvalue weighted by molar-refractivity contribution is 0.477. The van der Waals surface area contributed by atoms with Gasteiger partial charge in [0.05, 0.1) is 5.69 Å². The molecule has 0 amide bonds. The minimum absolute atomic E-state index is 0.379. The number of hydrogen-bond acceptors (Lipinski definition) is 1. The summed E-state index contributed by atoms with van der Waals surface area (Å²) in [7, 11) is -4.45. The van der Waals surface area contributed by atoms with Crippen molar-refractivity contribution in [1.29, 1.82) is 0 Å². The van der Waals surface area contributed by atoms with Gasteiger partial charge in [0, 0.05) is 16.4 Å². The second-order valence-electron chi connectivity index (χ2n) is 3.01. The lowest BCUT2D eigenvalue weighted by Crippen LogP contribution is -2.08. The highest BCUT2D eigenvalue weighted by Gasteiger charge is 2.64. The fourth-order valence-electron chi connectivity index (χ4n) is 1.08. The first kappa shape index (κ1) is 11.6. The lowest BCUT2D eigenvalue weighted by atomic mass is 10.3. The number of halogens is 5. The molecule has 1 nitrogen and oxygen atoms in total. The van der Waals surface area contributed by atoms with Crippen LogP contribution in [0.2, 0.25) is 0 Å². The summed E-state index contributed by atoms with van der Waals surface area (Å²) in [4.78, 5) is 2.04. The van der Waals surface area contributed by atoms with E-state index in [0.717, 1.165) is 13.0 Å². The summed E-state index contributed by atoms with van der Waals surface area (Å²) in [6, 6.07) is 1.69. The van der Waals surface area contributed by atoms with Gasteiger partial charge in [0.2, 0.25) is 0 Å². The summed E-state index contributed by atoms with van der Waals surface area (Å²) in [5.74, 6) is 0. The summed E-state index contributed by atoms with van der Waals surface area (Å²) >= 11 is 0. The van der Waals surface area contributed by atoms with Gasteiger partial charge in [-0.15, -0.1) is 15.5 Å². The van der Waals surface area contributed by atoms with Crippen molar-refractivity contribution >= 4 is 19.7 Å². The zero-order valence-electron chi connectivity index (χ0n) is 7.40. The van der Waals surface area contributed by atoms with E-state index in [2.05, 4.69) is 15.7 Å². The SMILES string of the molecule is Cc1ccc(S(F)(F)(F)(F)Cl)c(C)n1. The summed E-state index contributed by atoms with van der Waals surface area (Å²) in [5.41, 5.74) is -0.0681. The Morgan fingerprint density at radius 2 is 1.64 bits per heavy atom. The van der Waals surface area contributed by atoms with Gasteiger partial charge in [0.15, 0.2) is 0 Å². The van der Waals surface area contributed by atoms with Crippen LogP contribution >= 0.6 is 19.7 Å². The molecule has 14 heavy (non-hydrogen) atoms. The van der Waals surface area contributed by atoms with E-state index in [4.69, 9.17) is 0 Å². The number of aromatic nitrogens is 1. The maximum Gasteiger partial charge on any atom is 0.255 e. The van der Waals surface area contributed by atoms with Crippen LogP contribution in [0.25, 0.3) is 0 Å². The third-order valence-corrected chi connectivity index (χ3v) is 3.35. The molecule has 0 bridgehead atoms. The quantitative estimate of drug-likeness (QED) is 0.662. The molecule has 7 heteroatoms. The molecule has 1 rings (SSSR count). The van der Waals surface area contributed by atoms with Crippen LogP contribution in [-0.2, 0) is 0 Å². The molecule has 0 atom stereocenters. The average Bonchev–Trinajstić information content (AvgIpc) is 1.79. The number of aryl methyl sites for hydroxylation is 2. The topological polar surface area (TPSA) is 12.9 Å². The molecule has 1 aromatic rings. The normalized spacial score (nSPS) is 17.4. The minimum Gasteiger partial charge on any atom is -0.257 e. The van der Waals surface area contributed by atoms with Gasteiger partial charge in [-0.3, -0.25) is 4.98 Å². The molecule has 0 aliphatic carbocycles. The fraction of sp³-hybridized carbons (Fsp3) is 0.286. The van der Waals surface area contributed by atoms with Gasteiger partial charge in [-0.05, 0) is 26.0 Å². The van der Waals surface area contributed by atoms with Crippen molar-refractivity contribution in [2.45, 2.75) is 18.7 Å². The largest absolute Gasteiger partial charge is 0.257 e. The third kappa shape index (κ3) is 2.51. The highest BCUT2D eigenvalue weighted by molar-refractivity contribution is 8.65. The van der Waals surface area contributed by atoms with Crippen LogP contribution in [0.5, 0.6) is 0 Å². The molecule has 0 aromatic carbocycles. The number of rotatable bonds is 1. The van der Waals surface area contributed by atoms with Crippen LogP contribution in [0, 0.1) is 13.8 Å². The molecule has 0 N–H and O–H groups in total. The van der Waals surface area contributed by atoms with Gasteiger partial charge in [0.1, 0.15) is 4.90 Å². The molecule has 1 aromatic heterocycles. The van der Waals surface area contributed by atoms with E-state index < -0.39 is 19.6 Å². The van der Waals surface area contributed by atoms with Gasteiger partial charge < -0.3 is 0 Å². The van der Waals surface area contributed by atoms with E-state index in [-0.39, 0.29) is 0 Å². The Labute approximate surface area is 83.0 Å². The van der Waals surface area contributed by atoms with Gasteiger partial charge >= 0.3 is 0 Å². The zero-order chi connectivity index (χ0) is 11.3. The second kappa shape index (κ2) is 2.36. The first-order chi connectivity index (χ1) is 5.90. The van der Waals surface area contributed by atoms with Crippen molar-refractivity contribution in [1.82, 2.24) is 4.98 Å². The summed E-state index contributed by atoms with van der Waals surface area (Å²) in [5, 5.41) is 0. The van der Waals surface area contributed by atoms with Crippen LogP contribution in [0.4, 0.5) is 15.5 Å². The Kier molecular flexibility index (Phi) is 1.95. The Balaban J connectivity index is 3.51. The molecule has 0 aliphatic heterocycles. The second-order valence-corrected chi connectivity index (χ2v) is 7.25. The maximum absolute atomic E-state index is 12.7. The van der Waals surface area contributed by atoms with Crippen molar-refractivity contribution in [3.63, 3.8) is 0 Å². The van der Waals surface area contributed by atoms with Crippen molar-refractivity contribution in [2.75, 3.05) is 0 Å². The predicted octanol–water partition coefficient (Wildman–Crippen LogP) is 4.63. The van der Waals surface area contributed by atoms with Crippen LogP contribution in [0.1, 0.15) is 11.4 Å². The average molecular weight is 250 g/mol. The lowest BCUT2D eigenvalue weighted by Gasteiger charge is -2.43. The van der Waals surface area contributed by atoms with E-state index in [1.165, 1.54) is 6.92 Å². The number of pyridine rings is 1. The summed E-state index contributed by atoms with van der Waals surface area (Å²) < 4.78 is 50.9. The molecule has 0 spiro atoms. The van der Waals surface area contributed by atoms with Crippen molar-refractivity contribution in [2.24, 2.45) is 0 Å². The highest BCUT2D eigenvalue weighted by atomic mass is 35.7. The first-order valence-corrected chi connectivity index (χ1v) is 6.46. The summed E-state index contributed by atoms with van der Waals surface area (Å²) in [6.45, 7) is 2.58. The molecule has 0 saturated carbocycles. The van der Waals surface area contributed by atoms with Crippen molar-refractivity contribution in [3.05, 3.63) is 23.5 Å². The van der Waals surface area contributed by atoms with E-state index in [1.807, 2.05) is 0 Å². The third-order valence-electron chi connectivity index (χ3n) is 1.59. The molecule has 0 unspecified atom stereocenters. The Hall–Kier alpha value is -0.490. The fourth-order valence-corrected chi connectivity index (χ4v) is 2.50. The van der Waals surface area contributed by atoms with Gasteiger partial charge in [0.25, 0.3) is 9.05 Å².